The number of ether oxygens (including phenoxy) is 1. The number of nitrogens with one attached hydrogen (secondary N) is 1. The minimum atomic E-state index is -0.120. The van der Waals surface area contributed by atoms with Crippen LogP contribution in [0.15, 0.2) is 18.2 Å². The van der Waals surface area contributed by atoms with E-state index in [0.29, 0.717) is 24.4 Å². The van der Waals surface area contributed by atoms with E-state index in [9.17, 15) is 9.59 Å². The molecule has 1 saturated heterocycles. The third kappa shape index (κ3) is 2.48. The Hall–Kier alpha value is -2.04. The van der Waals surface area contributed by atoms with Crippen LogP contribution in [0.1, 0.15) is 42.1 Å². The van der Waals surface area contributed by atoms with Crippen molar-refractivity contribution in [3.8, 4) is 5.75 Å². The molecule has 2 heterocycles. The summed E-state index contributed by atoms with van der Waals surface area (Å²) >= 11 is 0. The molecule has 5 nitrogen and oxygen atoms in total. The molecule has 2 unspecified atom stereocenters. The van der Waals surface area contributed by atoms with Crippen LogP contribution < -0.4 is 10.1 Å². The van der Waals surface area contributed by atoms with Crippen LogP contribution in [-0.2, 0) is 4.79 Å². The van der Waals surface area contributed by atoms with E-state index in [1.54, 1.807) is 11.0 Å². The maximum atomic E-state index is 12.7. The minimum absolute atomic E-state index is 0.0707. The van der Waals surface area contributed by atoms with Gasteiger partial charge < -0.3 is 15.0 Å². The van der Waals surface area contributed by atoms with Gasteiger partial charge >= 0.3 is 0 Å². The summed E-state index contributed by atoms with van der Waals surface area (Å²) in [4.78, 5) is 26.0. The lowest BCUT2D eigenvalue weighted by Gasteiger charge is -2.20. The van der Waals surface area contributed by atoms with Crippen LogP contribution in [0.4, 0.5) is 0 Å². The van der Waals surface area contributed by atoms with E-state index in [-0.39, 0.29) is 30.4 Å². The average molecular weight is 288 g/mol. The Kier molecular flexibility index (Phi) is 3.57. The first-order chi connectivity index (χ1) is 10.1. The number of hydrogen-bond donors (Lipinski definition) is 1. The maximum absolute atomic E-state index is 12.7. The van der Waals surface area contributed by atoms with Crippen LogP contribution in [-0.4, -0.2) is 42.5 Å². The largest absolute Gasteiger partial charge is 0.489 e. The van der Waals surface area contributed by atoms with Gasteiger partial charge in [-0.15, -0.1) is 0 Å². The number of rotatable bonds is 1. The van der Waals surface area contributed by atoms with Crippen molar-refractivity contribution in [3.05, 3.63) is 29.3 Å². The first-order valence-electron chi connectivity index (χ1n) is 7.43. The SMILES string of the molecule is CC1Oc2c(C(=O)N3CCCNC(=O)C3)cccc2C1C. The fourth-order valence-corrected chi connectivity index (χ4v) is 2.90. The van der Waals surface area contributed by atoms with Gasteiger partial charge in [-0.1, -0.05) is 19.1 Å². The minimum Gasteiger partial charge on any atom is -0.489 e. The molecule has 0 bridgehead atoms. The second-order valence-corrected chi connectivity index (χ2v) is 5.77. The Morgan fingerprint density at radius 3 is 3.00 bits per heavy atom. The zero-order valence-corrected chi connectivity index (χ0v) is 12.4. The number of para-hydroxylation sites is 1. The summed E-state index contributed by atoms with van der Waals surface area (Å²) in [5, 5.41) is 2.78. The highest BCUT2D eigenvalue weighted by Crippen LogP contribution is 2.40. The standard InChI is InChI=1S/C16H20N2O3/c1-10-11(2)21-15-12(10)5-3-6-13(15)16(20)18-8-4-7-17-14(19)9-18/h3,5-6,10-11H,4,7-9H2,1-2H3,(H,17,19). The van der Waals surface area contributed by atoms with Crippen molar-refractivity contribution < 1.29 is 14.3 Å². The van der Waals surface area contributed by atoms with Gasteiger partial charge in [0.25, 0.3) is 5.91 Å². The Balaban J connectivity index is 1.91. The number of hydrogen-bond acceptors (Lipinski definition) is 3. The molecule has 0 saturated carbocycles. The quantitative estimate of drug-likeness (QED) is 0.852. The van der Waals surface area contributed by atoms with Crippen molar-refractivity contribution in [1.82, 2.24) is 10.2 Å². The van der Waals surface area contributed by atoms with Crippen LogP contribution in [0.2, 0.25) is 0 Å². The summed E-state index contributed by atoms with van der Waals surface area (Å²) in [5.41, 5.74) is 1.64. The number of carbonyl (C=O) groups excluding carboxylic acids is 2. The lowest BCUT2D eigenvalue weighted by atomic mass is 9.96. The number of carbonyl (C=O) groups is 2. The van der Waals surface area contributed by atoms with E-state index < -0.39 is 0 Å². The first-order valence-corrected chi connectivity index (χ1v) is 7.43. The van der Waals surface area contributed by atoms with Crippen molar-refractivity contribution >= 4 is 11.8 Å². The summed E-state index contributed by atoms with van der Waals surface area (Å²) in [6, 6.07) is 5.69. The lowest BCUT2D eigenvalue weighted by Crippen LogP contribution is -2.37. The average Bonchev–Trinajstić information content (AvgIpc) is 2.65. The topological polar surface area (TPSA) is 58.6 Å². The molecule has 2 atom stereocenters. The monoisotopic (exact) mass is 288 g/mol. The van der Waals surface area contributed by atoms with Crippen molar-refractivity contribution in [2.45, 2.75) is 32.3 Å². The number of nitrogens with zero attached hydrogens (tertiary/aromatic N) is 1. The van der Waals surface area contributed by atoms with E-state index in [0.717, 1.165) is 12.0 Å². The van der Waals surface area contributed by atoms with Gasteiger partial charge in [-0.2, -0.15) is 0 Å². The first kappa shape index (κ1) is 13.9. The van der Waals surface area contributed by atoms with Gasteiger partial charge in [0.05, 0.1) is 12.1 Å². The van der Waals surface area contributed by atoms with Crippen LogP contribution in [0, 0.1) is 0 Å². The van der Waals surface area contributed by atoms with Gasteiger partial charge in [-0.25, -0.2) is 0 Å². The molecule has 112 valence electrons. The molecule has 1 N–H and O–H groups in total. The summed E-state index contributed by atoms with van der Waals surface area (Å²) in [6.45, 7) is 5.45. The van der Waals surface area contributed by atoms with Crippen LogP contribution >= 0.6 is 0 Å². The smallest absolute Gasteiger partial charge is 0.258 e. The van der Waals surface area contributed by atoms with E-state index >= 15 is 0 Å². The number of fused-ring (bicyclic) bond motifs is 1. The van der Waals surface area contributed by atoms with E-state index in [1.807, 2.05) is 19.1 Å². The number of amides is 2. The Morgan fingerprint density at radius 1 is 1.38 bits per heavy atom. The van der Waals surface area contributed by atoms with Gasteiger partial charge in [-0.3, -0.25) is 9.59 Å². The second kappa shape index (κ2) is 5.39. The van der Waals surface area contributed by atoms with Gasteiger partial charge in [0, 0.05) is 24.6 Å². The third-order valence-electron chi connectivity index (χ3n) is 4.32. The van der Waals surface area contributed by atoms with Crippen LogP contribution in [0.5, 0.6) is 5.75 Å². The van der Waals surface area contributed by atoms with Crippen molar-refractivity contribution in [2.75, 3.05) is 19.6 Å². The molecule has 2 amide bonds. The number of benzene rings is 1. The molecule has 2 aliphatic rings. The molecule has 21 heavy (non-hydrogen) atoms. The van der Waals surface area contributed by atoms with Crippen molar-refractivity contribution in [2.24, 2.45) is 0 Å². The molecule has 0 spiro atoms. The Labute approximate surface area is 124 Å². The molecule has 0 aromatic heterocycles. The third-order valence-corrected chi connectivity index (χ3v) is 4.32. The van der Waals surface area contributed by atoms with Crippen LogP contribution in [0.3, 0.4) is 0 Å². The summed E-state index contributed by atoms with van der Waals surface area (Å²) in [5.74, 6) is 0.744. The molecule has 0 radical (unpaired) electrons. The molecule has 1 aromatic carbocycles. The molecular weight excluding hydrogens is 268 g/mol. The Bertz CT molecular complexity index is 585. The van der Waals surface area contributed by atoms with Gasteiger partial charge in [0.15, 0.2) is 0 Å². The second-order valence-electron chi connectivity index (χ2n) is 5.77. The van der Waals surface area contributed by atoms with Crippen LogP contribution in [0.25, 0.3) is 0 Å². The summed E-state index contributed by atoms with van der Waals surface area (Å²) < 4.78 is 5.87. The fraction of sp³-hybridized carbons (Fsp3) is 0.500. The predicted molar refractivity (Wildman–Crippen MR) is 78.5 cm³/mol. The molecule has 0 aliphatic carbocycles. The Morgan fingerprint density at radius 2 is 2.19 bits per heavy atom. The van der Waals surface area contributed by atoms with E-state index in [1.165, 1.54) is 0 Å². The zero-order chi connectivity index (χ0) is 15.0. The summed E-state index contributed by atoms with van der Waals surface area (Å²) in [7, 11) is 0. The van der Waals surface area contributed by atoms with Crippen molar-refractivity contribution in [1.29, 1.82) is 0 Å². The van der Waals surface area contributed by atoms with Gasteiger partial charge in [0.1, 0.15) is 11.9 Å². The molecule has 1 aromatic rings. The van der Waals surface area contributed by atoms with Gasteiger partial charge in [-0.05, 0) is 19.4 Å². The summed E-state index contributed by atoms with van der Waals surface area (Å²) in [6.07, 6.45) is 0.849. The molecular formula is C16H20N2O3. The molecule has 3 rings (SSSR count). The highest BCUT2D eigenvalue weighted by Gasteiger charge is 2.32. The molecule has 5 heteroatoms. The predicted octanol–water partition coefficient (Wildman–Crippen LogP) is 1.53. The normalized spacial score (nSPS) is 24.9. The lowest BCUT2D eigenvalue weighted by molar-refractivity contribution is -0.121. The highest BCUT2D eigenvalue weighted by atomic mass is 16.5. The van der Waals surface area contributed by atoms with E-state index in [4.69, 9.17) is 4.74 Å². The zero-order valence-electron chi connectivity index (χ0n) is 12.4. The van der Waals surface area contributed by atoms with E-state index in [2.05, 4.69) is 12.2 Å². The highest BCUT2D eigenvalue weighted by molar-refractivity contribution is 5.99. The molecule has 1 fully saturated rings. The maximum Gasteiger partial charge on any atom is 0.258 e. The van der Waals surface area contributed by atoms with Crippen molar-refractivity contribution in [3.63, 3.8) is 0 Å². The van der Waals surface area contributed by atoms with Gasteiger partial charge in [0.2, 0.25) is 5.91 Å². The fourth-order valence-electron chi connectivity index (χ4n) is 2.90. The molecule has 2 aliphatic heterocycles.